The van der Waals surface area contributed by atoms with Gasteiger partial charge in [-0.3, -0.25) is 4.68 Å². The van der Waals surface area contributed by atoms with Crippen molar-refractivity contribution >= 4 is 0 Å². The van der Waals surface area contributed by atoms with Gasteiger partial charge in [0, 0.05) is 18.0 Å². The van der Waals surface area contributed by atoms with Crippen molar-refractivity contribution in [1.82, 2.24) is 14.8 Å². The van der Waals surface area contributed by atoms with Gasteiger partial charge in [0.25, 0.3) is 0 Å². The molecule has 0 aliphatic heterocycles. The van der Waals surface area contributed by atoms with Crippen molar-refractivity contribution in [2.75, 3.05) is 0 Å². The van der Waals surface area contributed by atoms with Crippen molar-refractivity contribution in [3.8, 4) is 50.3 Å². The van der Waals surface area contributed by atoms with E-state index in [-0.39, 0.29) is 32.9 Å². The van der Waals surface area contributed by atoms with Crippen molar-refractivity contribution in [3.63, 3.8) is 0 Å². The Kier molecular flexibility index (Phi) is 8.99. The van der Waals surface area contributed by atoms with Crippen LogP contribution < -0.4 is 0 Å². The molecule has 2 aromatic heterocycles. The van der Waals surface area contributed by atoms with Crippen molar-refractivity contribution in [2.24, 2.45) is 0 Å². The van der Waals surface area contributed by atoms with E-state index in [2.05, 4.69) is 119 Å². The van der Waals surface area contributed by atoms with Gasteiger partial charge >= 0.3 is 20.1 Å². The molecule has 10 rings (SSSR count). The second-order valence-corrected chi connectivity index (χ2v) is 12.1. The van der Waals surface area contributed by atoms with Gasteiger partial charge < -0.3 is 12.4 Å². The summed E-state index contributed by atoms with van der Waals surface area (Å²) in [6, 6.07) is 61.7. The van der Waals surface area contributed by atoms with E-state index in [0.717, 1.165) is 22.5 Å². The minimum Gasteiger partial charge on any atom is -0.358 e. The van der Waals surface area contributed by atoms with Gasteiger partial charge in [-0.1, -0.05) is 97.1 Å². The van der Waals surface area contributed by atoms with Crippen LogP contribution in [-0.4, -0.2) is 14.8 Å². The Morgan fingerprint density at radius 1 is 0.520 bits per heavy atom. The number of para-hydroxylation sites is 1. The van der Waals surface area contributed by atoms with Gasteiger partial charge in [-0.15, -0.1) is 42.0 Å². The molecule has 0 radical (unpaired) electrons. The Labute approximate surface area is 307 Å². The molecule has 4 heteroatoms. The van der Waals surface area contributed by atoms with Gasteiger partial charge in [0.05, 0.1) is 11.6 Å². The number of aromatic nitrogens is 3. The molecule has 0 unspecified atom stereocenters. The maximum Gasteiger partial charge on any atom is 3.00 e. The van der Waals surface area contributed by atoms with Crippen LogP contribution in [0, 0.1) is 19.6 Å². The van der Waals surface area contributed by atoms with Crippen LogP contribution in [0.5, 0.6) is 0 Å². The fourth-order valence-corrected chi connectivity index (χ4v) is 7.48. The first-order chi connectivity index (χ1) is 23.8. The molecule has 2 heterocycles. The Balaban J connectivity index is 0.000000239. The molecule has 240 valence electrons. The molecule has 1 spiro atoms. The summed E-state index contributed by atoms with van der Waals surface area (Å²) in [5, 5.41) is 4.64. The summed E-state index contributed by atoms with van der Waals surface area (Å²) in [6.45, 7) is 0. The van der Waals surface area contributed by atoms with E-state index in [9.17, 15) is 0 Å². The van der Waals surface area contributed by atoms with E-state index in [1.54, 1.807) is 6.20 Å². The number of hydrogen-bond acceptors (Lipinski definition) is 2. The van der Waals surface area contributed by atoms with Crippen molar-refractivity contribution in [2.45, 2.75) is 5.41 Å². The minimum atomic E-state index is -0.321. The predicted molar refractivity (Wildman–Crippen MR) is 199 cm³/mol. The Morgan fingerprint density at radius 3 is 1.68 bits per heavy atom. The summed E-state index contributed by atoms with van der Waals surface area (Å²) in [7, 11) is 0. The van der Waals surface area contributed by atoms with Gasteiger partial charge in [-0.25, -0.2) is 0 Å². The SMILES string of the molecule is [CH3-].[Ir+3].[c-]1ccccc1-c1ccccn1.[c-]1ccccc1-n1cc(-c2ccc3c(c2)C2(c4ccccc4-c4ccccc42)c2ccccc2-3)cn1. The minimum absolute atomic E-state index is 0. The van der Waals surface area contributed by atoms with Crippen LogP contribution in [-0.2, 0) is 25.5 Å². The van der Waals surface area contributed by atoms with Crippen LogP contribution in [0.1, 0.15) is 22.3 Å². The average Bonchev–Trinajstić information content (AvgIpc) is 3.87. The van der Waals surface area contributed by atoms with Crippen molar-refractivity contribution < 1.29 is 20.1 Å². The second kappa shape index (κ2) is 13.7. The number of rotatable bonds is 3. The van der Waals surface area contributed by atoms with E-state index in [1.165, 1.54) is 50.1 Å². The molecule has 0 amide bonds. The number of pyridine rings is 1. The molecule has 0 fully saturated rings. The van der Waals surface area contributed by atoms with Crippen molar-refractivity contribution in [3.05, 3.63) is 218 Å². The number of benzene rings is 6. The van der Waals surface area contributed by atoms with E-state index in [1.807, 2.05) is 77.6 Å². The maximum absolute atomic E-state index is 4.64. The summed E-state index contributed by atoms with van der Waals surface area (Å²) in [4.78, 5) is 4.22. The molecule has 0 atom stereocenters. The largest absolute Gasteiger partial charge is 3.00 e. The monoisotopic (exact) mass is 819 g/mol. The van der Waals surface area contributed by atoms with E-state index in [4.69, 9.17) is 0 Å². The van der Waals surface area contributed by atoms with E-state index >= 15 is 0 Å². The summed E-state index contributed by atoms with van der Waals surface area (Å²) in [5.74, 6) is 0. The van der Waals surface area contributed by atoms with Gasteiger partial charge in [-0.05, 0) is 73.6 Å². The van der Waals surface area contributed by atoms with Gasteiger partial charge in [-0.2, -0.15) is 29.4 Å². The van der Waals surface area contributed by atoms with E-state index in [0.29, 0.717) is 0 Å². The summed E-state index contributed by atoms with van der Waals surface area (Å²) in [5.41, 5.74) is 15.6. The Bertz CT molecular complexity index is 2300. The predicted octanol–water partition coefficient (Wildman–Crippen LogP) is 10.7. The van der Waals surface area contributed by atoms with Gasteiger partial charge in [0.15, 0.2) is 0 Å². The van der Waals surface area contributed by atoms with E-state index < -0.39 is 0 Å². The Morgan fingerprint density at radius 2 is 1.10 bits per heavy atom. The zero-order valence-electron chi connectivity index (χ0n) is 27.4. The summed E-state index contributed by atoms with van der Waals surface area (Å²) >= 11 is 0. The molecule has 8 aromatic rings. The standard InChI is InChI=1S/C34H21N2.C11H8N.CH3.Ir/c1-2-10-25(11-3-1)36-22-24(21-35-36)23-18-19-29-28-14-6-9-17-32(28)34(33(29)20-23)30-15-7-4-12-26(30)27-13-5-8-16-31(27)34;1-2-6-10(7-3-1)11-8-4-5-9-12-11;;/h1-10,12-22H;1-6,8-9H;1H3;/q3*-1;+3. The molecule has 0 N–H and O–H groups in total. The molecule has 0 saturated heterocycles. The van der Waals surface area contributed by atoms with Gasteiger partial charge in [0.2, 0.25) is 0 Å². The van der Waals surface area contributed by atoms with Crippen LogP contribution in [0.2, 0.25) is 0 Å². The van der Waals surface area contributed by atoms with Crippen molar-refractivity contribution in [1.29, 1.82) is 0 Å². The summed E-state index contributed by atoms with van der Waals surface area (Å²) in [6.07, 6.45) is 5.84. The molecule has 2 aliphatic rings. The van der Waals surface area contributed by atoms with Crippen LogP contribution in [0.3, 0.4) is 0 Å². The molecule has 2 aliphatic carbocycles. The molecule has 0 saturated carbocycles. The molecule has 50 heavy (non-hydrogen) atoms. The van der Waals surface area contributed by atoms with Crippen LogP contribution >= 0.6 is 0 Å². The number of fused-ring (bicyclic) bond motifs is 10. The fourth-order valence-electron chi connectivity index (χ4n) is 7.48. The van der Waals surface area contributed by atoms with Crippen LogP contribution in [0.25, 0.3) is 50.3 Å². The van der Waals surface area contributed by atoms with Crippen LogP contribution in [0.4, 0.5) is 0 Å². The third-order valence-corrected chi connectivity index (χ3v) is 9.50. The quantitative estimate of drug-likeness (QED) is 0.166. The fraction of sp³-hybridized carbons (Fsp3) is 0.0217. The maximum atomic E-state index is 4.64. The Hall–Kier alpha value is -5.67. The second-order valence-electron chi connectivity index (χ2n) is 12.1. The zero-order chi connectivity index (χ0) is 31.9. The van der Waals surface area contributed by atoms with Crippen LogP contribution in [0.15, 0.2) is 176 Å². The normalized spacial score (nSPS) is 12.2. The first kappa shape index (κ1) is 32.9. The van der Waals surface area contributed by atoms with Gasteiger partial charge in [0.1, 0.15) is 0 Å². The third-order valence-electron chi connectivity index (χ3n) is 9.50. The third kappa shape index (κ3) is 5.25. The molecule has 6 aromatic carbocycles. The topological polar surface area (TPSA) is 30.7 Å². The number of hydrogen-bond donors (Lipinski definition) is 0. The molecular formula is C46H32IrN3. The first-order valence-electron chi connectivity index (χ1n) is 16.2. The smallest absolute Gasteiger partial charge is 0.358 e. The number of nitrogens with zero attached hydrogens (tertiary/aromatic N) is 3. The zero-order valence-corrected chi connectivity index (χ0v) is 29.8. The molecule has 0 bridgehead atoms. The summed E-state index contributed by atoms with van der Waals surface area (Å²) < 4.78 is 1.90. The molecule has 3 nitrogen and oxygen atoms in total. The molecular weight excluding hydrogens is 787 g/mol. The average molecular weight is 819 g/mol. The first-order valence-corrected chi connectivity index (χ1v) is 16.2.